The van der Waals surface area contributed by atoms with Gasteiger partial charge in [-0.2, -0.15) is 0 Å². The molecular weight excluding hydrogens is 660 g/mol. The van der Waals surface area contributed by atoms with Gasteiger partial charge in [0, 0.05) is 37.2 Å². The molecule has 0 radical (unpaired) electrons. The number of aliphatic carboxylic acids is 1. The predicted molar refractivity (Wildman–Crippen MR) is 203 cm³/mol. The van der Waals surface area contributed by atoms with Crippen molar-refractivity contribution in [1.29, 1.82) is 0 Å². The first kappa shape index (κ1) is 38.7. The van der Waals surface area contributed by atoms with Gasteiger partial charge in [-0.15, -0.1) is 0 Å². The van der Waals surface area contributed by atoms with Gasteiger partial charge in [0.25, 0.3) is 0 Å². The molecule has 1 aliphatic carbocycles. The maximum Gasteiger partial charge on any atom is 0.328 e. The second-order valence-corrected chi connectivity index (χ2v) is 14.5. The summed E-state index contributed by atoms with van der Waals surface area (Å²) >= 11 is 0. The number of nitrogens with one attached hydrogen (secondary N) is 3. The number of rotatable bonds is 20. The first-order valence-electron chi connectivity index (χ1n) is 18.6. The number of H-pyrrole nitrogens is 1. The number of fused-ring (bicyclic) bond motifs is 2. The average Bonchev–Trinajstić information content (AvgIpc) is 3.63. The summed E-state index contributed by atoms with van der Waals surface area (Å²) in [5.41, 5.74) is 17.0. The number of carbonyl (C=O) groups excluding carboxylic acids is 2. The number of benzene rings is 2. The molecule has 12 nitrogen and oxygen atoms in total. The van der Waals surface area contributed by atoms with Crippen molar-refractivity contribution >= 4 is 41.1 Å². The molecule has 0 fully saturated rings. The van der Waals surface area contributed by atoms with Crippen molar-refractivity contribution in [2.75, 3.05) is 11.9 Å². The van der Waals surface area contributed by atoms with Gasteiger partial charge < -0.3 is 52.0 Å². The number of hydrogen-bond donors (Lipinski definition) is 8. The summed E-state index contributed by atoms with van der Waals surface area (Å²) in [5, 5.41) is 37.6. The number of aliphatic imine (C=N–C) groups is 1. The van der Waals surface area contributed by atoms with E-state index in [1.54, 1.807) is 0 Å². The number of aromatic nitrogens is 1. The fourth-order valence-electron chi connectivity index (χ4n) is 8.12. The lowest BCUT2D eigenvalue weighted by molar-refractivity contribution is -0.131. The number of carboxylic acid groups (broad SMARTS) is 1. The molecule has 0 spiro atoms. The molecule has 2 heterocycles. The number of carboxylic acids is 1. The molecule has 3 aromatic rings. The van der Waals surface area contributed by atoms with E-state index in [0.29, 0.717) is 51.0 Å². The number of hydrogen-bond acceptors (Lipinski definition) is 10. The number of aliphatic hydroxyl groups excluding tert-OH is 1. The van der Waals surface area contributed by atoms with Crippen LogP contribution in [0.5, 0.6) is 0 Å². The minimum Gasteiger partial charge on any atom is -0.478 e. The number of carbonyl (C=O) groups is 3. The second-order valence-electron chi connectivity index (χ2n) is 14.5. The van der Waals surface area contributed by atoms with E-state index in [0.717, 1.165) is 72.4 Å². The Morgan fingerprint density at radius 2 is 1.87 bits per heavy atom. The van der Waals surface area contributed by atoms with Crippen LogP contribution in [0.15, 0.2) is 65.3 Å². The number of guanidine groups is 1. The maximum absolute atomic E-state index is 12.3. The minimum atomic E-state index is -1.42. The number of anilines is 1. The molecule has 0 amide bonds. The Morgan fingerprint density at radius 1 is 1.04 bits per heavy atom. The predicted octanol–water partition coefficient (Wildman–Crippen LogP) is 4.30. The highest BCUT2D eigenvalue weighted by molar-refractivity contribution is 5.86. The fourth-order valence-corrected chi connectivity index (χ4v) is 8.12. The summed E-state index contributed by atoms with van der Waals surface area (Å²) in [5.74, 6) is 0.221. The first-order valence-corrected chi connectivity index (χ1v) is 18.6. The largest absolute Gasteiger partial charge is 0.478 e. The van der Waals surface area contributed by atoms with Crippen molar-refractivity contribution < 1.29 is 29.7 Å². The Kier molecular flexibility index (Phi) is 14.0. The molecule has 5 rings (SSSR count). The van der Waals surface area contributed by atoms with E-state index in [-0.39, 0.29) is 42.3 Å². The highest BCUT2D eigenvalue weighted by atomic mass is 16.5. The lowest BCUT2D eigenvalue weighted by Crippen LogP contribution is -2.48. The number of nitrogens with two attached hydrogens (primary N) is 2. The number of aromatic amines is 1. The van der Waals surface area contributed by atoms with Crippen molar-refractivity contribution in [1.82, 2.24) is 10.3 Å². The molecule has 1 aliphatic heterocycles. The molecule has 52 heavy (non-hydrogen) atoms. The molecule has 2 aromatic carbocycles. The third-order valence-corrected chi connectivity index (χ3v) is 10.8. The Labute approximate surface area is 305 Å². The van der Waals surface area contributed by atoms with Crippen molar-refractivity contribution in [2.24, 2.45) is 28.3 Å². The minimum absolute atomic E-state index is 0.0950. The van der Waals surface area contributed by atoms with Gasteiger partial charge in [0.05, 0.1) is 12.1 Å². The van der Waals surface area contributed by atoms with Crippen LogP contribution in [0.3, 0.4) is 0 Å². The third kappa shape index (κ3) is 10.8. The molecule has 0 saturated heterocycles. The lowest BCUT2D eigenvalue weighted by Gasteiger charge is -2.39. The summed E-state index contributed by atoms with van der Waals surface area (Å²) in [6.45, 7) is 0.505. The van der Waals surface area contributed by atoms with Crippen molar-refractivity contribution in [3.63, 3.8) is 0 Å². The van der Waals surface area contributed by atoms with Crippen molar-refractivity contribution in [3.05, 3.63) is 77.0 Å². The van der Waals surface area contributed by atoms with Crippen molar-refractivity contribution in [3.8, 4) is 0 Å². The lowest BCUT2D eigenvalue weighted by atomic mass is 9.69. The molecule has 10 N–H and O–H groups in total. The van der Waals surface area contributed by atoms with Gasteiger partial charge >= 0.3 is 5.97 Å². The Balaban J connectivity index is 1.42. The van der Waals surface area contributed by atoms with E-state index >= 15 is 0 Å². The van der Waals surface area contributed by atoms with E-state index in [1.165, 1.54) is 17.2 Å². The van der Waals surface area contributed by atoms with Crippen LogP contribution in [-0.2, 0) is 27.2 Å². The number of aldehydes is 2. The van der Waals surface area contributed by atoms with E-state index in [4.69, 9.17) is 11.5 Å². The molecule has 0 bridgehead atoms. The van der Waals surface area contributed by atoms with Crippen LogP contribution in [0.1, 0.15) is 86.8 Å². The average molecular weight is 715 g/mol. The van der Waals surface area contributed by atoms with Gasteiger partial charge in [-0.05, 0) is 121 Å². The Hall–Kier alpha value is -4.52. The van der Waals surface area contributed by atoms with E-state index in [2.05, 4.69) is 44.9 Å². The van der Waals surface area contributed by atoms with Gasteiger partial charge in [0.15, 0.2) is 12.2 Å². The zero-order valence-electron chi connectivity index (χ0n) is 29.8. The number of aryl methyl sites for hydroxylation is 1. The van der Waals surface area contributed by atoms with Crippen LogP contribution >= 0.6 is 0 Å². The summed E-state index contributed by atoms with van der Waals surface area (Å²) in [4.78, 5) is 42.7. The number of nitrogens with zero attached hydrogens (tertiary/aromatic N) is 1. The van der Waals surface area contributed by atoms with Gasteiger partial charge in [-0.25, -0.2) is 4.79 Å². The quantitative estimate of drug-likeness (QED) is 0.0472. The maximum atomic E-state index is 12.3. The summed E-state index contributed by atoms with van der Waals surface area (Å²) in [7, 11) is 0. The van der Waals surface area contributed by atoms with E-state index in [1.807, 2.05) is 24.4 Å². The smallest absolute Gasteiger partial charge is 0.328 e. The van der Waals surface area contributed by atoms with Crippen molar-refractivity contribution in [2.45, 2.75) is 107 Å². The normalized spacial score (nSPS) is 20.7. The van der Waals surface area contributed by atoms with Crippen LogP contribution in [-0.4, -0.2) is 75.8 Å². The molecular formula is C40H54N6O6. The second kappa shape index (κ2) is 18.8. The molecule has 1 aromatic heterocycles. The Morgan fingerprint density at radius 3 is 2.58 bits per heavy atom. The van der Waals surface area contributed by atoms with Gasteiger partial charge in [0.2, 0.25) is 0 Å². The van der Waals surface area contributed by atoms with Crippen LogP contribution in [0.25, 0.3) is 10.8 Å². The SMILES string of the molecule is NC1=NCCC(C(=CC(=O)O)C(CC2CCc3cc4ccc(CC=O)cc4cc3C2CCCC(N)CCC(C=O)CCC(O)O)Nc2ccc[nH]2)N1. The topological polar surface area (TPSA) is 216 Å². The third-order valence-electron chi connectivity index (χ3n) is 10.8. The molecule has 6 unspecified atom stereocenters. The molecule has 6 atom stereocenters. The number of aliphatic hydroxyl groups is 2. The van der Waals surface area contributed by atoms with E-state index < -0.39 is 12.3 Å². The van der Waals surface area contributed by atoms with Crippen LogP contribution in [0.2, 0.25) is 0 Å². The van der Waals surface area contributed by atoms with E-state index in [9.17, 15) is 29.7 Å². The van der Waals surface area contributed by atoms with Crippen LogP contribution in [0.4, 0.5) is 5.82 Å². The standard InChI is InChI=1S/C40H54N6O6/c41-31(12-7-26(24-48)8-13-38(49)50)3-1-4-32-29(11-10-28-20-27-9-6-25(15-18-47)19-30(27)21-33(28)32)22-36(45-37-5-2-16-43-37)34(23-39(51)52)35-14-17-44-40(42)46-35/h2,5-6,9,16,18-21,23-24,26,29,31-32,35-36,38,43,45,49-50H,1,3-4,7-8,10-15,17,22,41H2,(H,51,52)(H3,42,44,46). The zero-order chi connectivity index (χ0) is 37.0. The summed E-state index contributed by atoms with van der Waals surface area (Å²) in [6, 6.07) is 13.9. The monoisotopic (exact) mass is 714 g/mol. The summed E-state index contributed by atoms with van der Waals surface area (Å²) < 4.78 is 0. The molecule has 280 valence electrons. The molecule has 0 saturated carbocycles. The highest BCUT2D eigenvalue weighted by Gasteiger charge is 2.35. The molecule has 12 heteroatoms. The highest BCUT2D eigenvalue weighted by Crippen LogP contribution is 2.44. The van der Waals surface area contributed by atoms with Crippen LogP contribution in [0, 0.1) is 11.8 Å². The van der Waals surface area contributed by atoms with Crippen LogP contribution < -0.4 is 22.1 Å². The zero-order valence-corrected chi connectivity index (χ0v) is 29.8. The fraction of sp³-hybridized carbons (Fsp3) is 0.500. The van der Waals surface area contributed by atoms with Gasteiger partial charge in [-0.1, -0.05) is 36.8 Å². The van der Waals surface area contributed by atoms with Gasteiger partial charge in [-0.3, -0.25) is 4.99 Å². The molecule has 2 aliphatic rings. The first-order chi connectivity index (χ1) is 25.1. The van der Waals surface area contributed by atoms with Gasteiger partial charge in [0.1, 0.15) is 18.4 Å². The Bertz CT molecular complexity index is 1710. The summed E-state index contributed by atoms with van der Waals surface area (Å²) in [6.07, 6.45) is 11.4.